The van der Waals surface area contributed by atoms with E-state index in [1.54, 1.807) is 7.11 Å². The van der Waals surface area contributed by atoms with Gasteiger partial charge in [0.1, 0.15) is 0 Å². The molecule has 0 aliphatic heterocycles. The average Bonchev–Trinajstić information content (AvgIpc) is 2.47. The molecule has 4 heteroatoms. The second kappa shape index (κ2) is 10.5. The first kappa shape index (κ1) is 17.8. The van der Waals surface area contributed by atoms with Gasteiger partial charge in [-0.3, -0.25) is 0 Å². The van der Waals surface area contributed by atoms with Crippen molar-refractivity contribution in [3.63, 3.8) is 0 Å². The molecule has 0 saturated carbocycles. The van der Waals surface area contributed by atoms with E-state index < -0.39 is 0 Å². The molecule has 0 bridgehead atoms. The summed E-state index contributed by atoms with van der Waals surface area (Å²) in [5, 5.41) is 3.37. The maximum absolute atomic E-state index is 5.57. The van der Waals surface area contributed by atoms with Crippen LogP contribution in [-0.2, 0) is 11.3 Å². The van der Waals surface area contributed by atoms with Gasteiger partial charge >= 0.3 is 0 Å². The van der Waals surface area contributed by atoms with Crippen LogP contribution in [-0.4, -0.2) is 33.5 Å². The van der Waals surface area contributed by atoms with E-state index in [-0.39, 0.29) is 0 Å². The largest absolute Gasteiger partial charge is 0.493 e. The minimum atomic E-state index is 0.641. The van der Waals surface area contributed by atoms with E-state index in [0.717, 1.165) is 44.2 Å². The van der Waals surface area contributed by atoms with E-state index in [0.29, 0.717) is 12.5 Å². The molecule has 1 aromatic rings. The maximum atomic E-state index is 5.57. The van der Waals surface area contributed by atoms with Crippen LogP contribution in [0.25, 0.3) is 0 Å². The van der Waals surface area contributed by atoms with Gasteiger partial charge in [-0.25, -0.2) is 0 Å². The maximum Gasteiger partial charge on any atom is 0.161 e. The molecule has 0 atom stereocenters. The van der Waals surface area contributed by atoms with Crippen molar-refractivity contribution in [2.45, 2.75) is 33.7 Å². The molecule has 0 spiro atoms. The normalized spacial score (nSPS) is 10.9. The van der Waals surface area contributed by atoms with Crippen LogP contribution < -0.4 is 14.8 Å². The predicted octanol–water partition coefficient (Wildman–Crippen LogP) is 3.25. The molecular formula is C17H29NO3. The number of hydrogen-bond donors (Lipinski definition) is 1. The second-order valence-electron chi connectivity index (χ2n) is 5.39. The van der Waals surface area contributed by atoms with Gasteiger partial charge in [0.25, 0.3) is 0 Å². The molecule has 0 radical (unpaired) electrons. The molecule has 0 unspecified atom stereocenters. The second-order valence-corrected chi connectivity index (χ2v) is 5.39. The highest BCUT2D eigenvalue weighted by Gasteiger charge is 2.04. The summed E-state index contributed by atoms with van der Waals surface area (Å²) in [6, 6.07) is 6.02. The summed E-state index contributed by atoms with van der Waals surface area (Å²) < 4.78 is 16.4. The lowest BCUT2D eigenvalue weighted by Crippen LogP contribution is -2.19. The lowest BCUT2D eigenvalue weighted by Gasteiger charge is -2.12. The summed E-state index contributed by atoms with van der Waals surface area (Å²) in [7, 11) is 1.66. The molecule has 0 amide bonds. The van der Waals surface area contributed by atoms with Crippen LogP contribution in [0.5, 0.6) is 11.5 Å². The molecule has 1 aromatic carbocycles. The minimum absolute atomic E-state index is 0.641. The Labute approximate surface area is 128 Å². The summed E-state index contributed by atoms with van der Waals surface area (Å²) in [5.41, 5.74) is 1.18. The zero-order valence-corrected chi connectivity index (χ0v) is 13.8. The van der Waals surface area contributed by atoms with Gasteiger partial charge in [-0.2, -0.15) is 0 Å². The van der Waals surface area contributed by atoms with Crippen LogP contribution in [0, 0.1) is 5.92 Å². The van der Waals surface area contributed by atoms with Gasteiger partial charge in [-0.15, -0.1) is 0 Å². The smallest absolute Gasteiger partial charge is 0.161 e. The number of methoxy groups -OCH3 is 1. The van der Waals surface area contributed by atoms with E-state index in [4.69, 9.17) is 14.2 Å². The molecular weight excluding hydrogens is 266 g/mol. The minimum Gasteiger partial charge on any atom is -0.493 e. The molecule has 0 saturated heterocycles. The SMILES string of the molecule is CCOc1ccc(CNCCOCCC(C)C)cc1OC. The first-order valence-electron chi connectivity index (χ1n) is 7.75. The van der Waals surface area contributed by atoms with Gasteiger partial charge in [0.15, 0.2) is 11.5 Å². The molecule has 21 heavy (non-hydrogen) atoms. The first-order valence-corrected chi connectivity index (χ1v) is 7.75. The molecule has 1 N–H and O–H groups in total. The first-order chi connectivity index (χ1) is 10.2. The molecule has 0 heterocycles. The fourth-order valence-electron chi connectivity index (χ4n) is 1.89. The van der Waals surface area contributed by atoms with Crippen LogP contribution >= 0.6 is 0 Å². The van der Waals surface area contributed by atoms with E-state index in [1.165, 1.54) is 5.56 Å². The monoisotopic (exact) mass is 295 g/mol. The summed E-state index contributed by atoms with van der Waals surface area (Å²) in [4.78, 5) is 0. The fourth-order valence-corrected chi connectivity index (χ4v) is 1.89. The molecule has 0 aliphatic carbocycles. The van der Waals surface area contributed by atoms with E-state index in [9.17, 15) is 0 Å². The zero-order chi connectivity index (χ0) is 15.5. The zero-order valence-electron chi connectivity index (χ0n) is 13.8. The van der Waals surface area contributed by atoms with Crippen LogP contribution in [0.4, 0.5) is 0 Å². The summed E-state index contributed by atoms with van der Waals surface area (Å²) in [6.07, 6.45) is 1.12. The average molecular weight is 295 g/mol. The lowest BCUT2D eigenvalue weighted by molar-refractivity contribution is 0.125. The Balaban J connectivity index is 2.26. The van der Waals surface area contributed by atoms with Crippen molar-refractivity contribution in [1.82, 2.24) is 5.32 Å². The van der Waals surface area contributed by atoms with Crippen LogP contribution in [0.2, 0.25) is 0 Å². The Bertz CT molecular complexity index is 394. The topological polar surface area (TPSA) is 39.7 Å². The number of nitrogens with one attached hydrogen (secondary N) is 1. The van der Waals surface area contributed by atoms with Gasteiger partial charge in [0.05, 0.1) is 20.3 Å². The van der Waals surface area contributed by atoms with Crippen molar-refractivity contribution in [3.05, 3.63) is 23.8 Å². The molecule has 1 rings (SSSR count). The molecule has 4 nitrogen and oxygen atoms in total. The Morgan fingerprint density at radius 1 is 1.14 bits per heavy atom. The predicted molar refractivity (Wildman–Crippen MR) is 86.1 cm³/mol. The standard InChI is InChI=1S/C17H29NO3/c1-5-21-16-7-6-15(12-17(16)19-4)13-18-9-11-20-10-8-14(2)3/h6-7,12,14,18H,5,8-11,13H2,1-4H3. The van der Waals surface area contributed by atoms with E-state index in [1.807, 2.05) is 19.1 Å². The van der Waals surface area contributed by atoms with E-state index >= 15 is 0 Å². The Kier molecular flexibility index (Phi) is 8.87. The molecule has 0 aromatic heterocycles. The Hall–Kier alpha value is -1.26. The number of hydrogen-bond acceptors (Lipinski definition) is 4. The third kappa shape index (κ3) is 7.34. The fraction of sp³-hybridized carbons (Fsp3) is 0.647. The van der Waals surface area contributed by atoms with Gasteiger partial charge in [-0.05, 0) is 37.0 Å². The molecule has 0 aliphatic rings. The third-order valence-electron chi connectivity index (χ3n) is 3.12. The van der Waals surface area contributed by atoms with Crippen molar-refractivity contribution in [2.75, 3.05) is 33.5 Å². The number of benzene rings is 1. The summed E-state index contributed by atoms with van der Waals surface area (Å²) >= 11 is 0. The van der Waals surface area contributed by atoms with Crippen molar-refractivity contribution in [3.8, 4) is 11.5 Å². The van der Waals surface area contributed by atoms with Crippen molar-refractivity contribution in [1.29, 1.82) is 0 Å². The number of ether oxygens (including phenoxy) is 3. The van der Waals surface area contributed by atoms with Crippen LogP contribution in [0.3, 0.4) is 0 Å². The van der Waals surface area contributed by atoms with Gasteiger partial charge in [-0.1, -0.05) is 19.9 Å². The van der Waals surface area contributed by atoms with Gasteiger partial charge < -0.3 is 19.5 Å². The third-order valence-corrected chi connectivity index (χ3v) is 3.12. The lowest BCUT2D eigenvalue weighted by atomic mass is 10.1. The summed E-state index contributed by atoms with van der Waals surface area (Å²) in [5.74, 6) is 2.28. The van der Waals surface area contributed by atoms with Crippen molar-refractivity contribution < 1.29 is 14.2 Å². The highest BCUT2D eigenvalue weighted by molar-refractivity contribution is 5.42. The quantitative estimate of drug-likeness (QED) is 0.636. The van der Waals surface area contributed by atoms with Crippen molar-refractivity contribution >= 4 is 0 Å². The van der Waals surface area contributed by atoms with Crippen molar-refractivity contribution in [2.24, 2.45) is 5.92 Å². The number of rotatable bonds is 11. The summed E-state index contributed by atoms with van der Waals surface area (Å²) in [6.45, 7) is 10.3. The van der Waals surface area contributed by atoms with Crippen LogP contribution in [0.15, 0.2) is 18.2 Å². The van der Waals surface area contributed by atoms with E-state index in [2.05, 4.69) is 25.2 Å². The Morgan fingerprint density at radius 2 is 1.95 bits per heavy atom. The van der Waals surface area contributed by atoms with Gasteiger partial charge in [0.2, 0.25) is 0 Å². The Morgan fingerprint density at radius 3 is 2.62 bits per heavy atom. The molecule has 0 fully saturated rings. The van der Waals surface area contributed by atoms with Crippen LogP contribution in [0.1, 0.15) is 32.8 Å². The highest BCUT2D eigenvalue weighted by atomic mass is 16.5. The van der Waals surface area contributed by atoms with Gasteiger partial charge in [0, 0.05) is 19.7 Å². The molecule has 120 valence electrons. The highest BCUT2D eigenvalue weighted by Crippen LogP contribution is 2.27.